The van der Waals surface area contributed by atoms with Crippen molar-refractivity contribution in [1.82, 2.24) is 10.6 Å². The molecule has 1 heterocycles. The molecule has 2 amide bonds. The molecule has 0 unspecified atom stereocenters. The lowest BCUT2D eigenvalue weighted by Gasteiger charge is -2.30. The van der Waals surface area contributed by atoms with E-state index in [1.807, 2.05) is 6.92 Å². The zero-order valence-electron chi connectivity index (χ0n) is 17.0. The van der Waals surface area contributed by atoms with Crippen LogP contribution in [0.25, 0.3) is 0 Å². The van der Waals surface area contributed by atoms with Gasteiger partial charge in [0.05, 0.1) is 18.2 Å². The summed E-state index contributed by atoms with van der Waals surface area (Å²) in [4.78, 5) is 36.2. The number of carbonyl (C=O) groups is 3. The zero-order chi connectivity index (χ0) is 20.8. The molecule has 156 valence electrons. The largest absolute Gasteiger partial charge is 0.462 e. The fourth-order valence-electron chi connectivity index (χ4n) is 3.91. The van der Waals surface area contributed by atoms with Crippen molar-refractivity contribution in [2.24, 2.45) is 5.92 Å². The second kappa shape index (κ2) is 9.58. The average Bonchev–Trinajstić information content (AvgIpc) is 2.72. The maximum atomic E-state index is 13.0. The van der Waals surface area contributed by atoms with Gasteiger partial charge in [0.25, 0.3) is 0 Å². The Balaban J connectivity index is 1.80. The summed E-state index contributed by atoms with van der Waals surface area (Å²) >= 11 is 0. The standard InChI is InChI=1S/C22H28N2O5/c1-3-18-19(21(26)28-13-15-7-5-4-6-8-15)20(24-22(27)23-18)16-9-11-17(12-10-16)29-14(2)25/h9-12,15,20H,3-8,13H2,1-2H3,(H2,23,24,27)/t20-/m0/s1. The summed E-state index contributed by atoms with van der Waals surface area (Å²) in [5.41, 5.74) is 1.70. The summed E-state index contributed by atoms with van der Waals surface area (Å²) in [6.45, 7) is 3.62. The van der Waals surface area contributed by atoms with Crippen LogP contribution in [0.2, 0.25) is 0 Å². The van der Waals surface area contributed by atoms with Crippen LogP contribution in [0.15, 0.2) is 35.5 Å². The lowest BCUT2D eigenvalue weighted by atomic mass is 9.90. The number of amides is 2. The first-order chi connectivity index (χ1) is 14.0. The van der Waals surface area contributed by atoms with Crippen LogP contribution in [-0.2, 0) is 14.3 Å². The first kappa shape index (κ1) is 20.9. The molecule has 1 fully saturated rings. The Kier molecular flexibility index (Phi) is 6.90. The molecule has 0 spiro atoms. The summed E-state index contributed by atoms with van der Waals surface area (Å²) < 4.78 is 10.7. The Hall–Kier alpha value is -2.83. The molecule has 1 aliphatic carbocycles. The Morgan fingerprint density at radius 3 is 2.41 bits per heavy atom. The Bertz CT molecular complexity index is 794. The van der Waals surface area contributed by atoms with E-state index in [0.29, 0.717) is 41.5 Å². The number of allylic oxidation sites excluding steroid dienone is 1. The van der Waals surface area contributed by atoms with Crippen molar-refractivity contribution in [3.63, 3.8) is 0 Å². The quantitative estimate of drug-likeness (QED) is 0.560. The molecule has 0 aromatic heterocycles. The van der Waals surface area contributed by atoms with Crippen molar-refractivity contribution < 1.29 is 23.9 Å². The number of benzene rings is 1. The van der Waals surface area contributed by atoms with Crippen molar-refractivity contribution in [3.05, 3.63) is 41.1 Å². The molecule has 2 N–H and O–H groups in total. The van der Waals surface area contributed by atoms with Crippen molar-refractivity contribution >= 4 is 18.0 Å². The third-order valence-corrected chi connectivity index (χ3v) is 5.38. The second-order valence-corrected chi connectivity index (χ2v) is 7.54. The number of hydrogen-bond donors (Lipinski definition) is 2. The SMILES string of the molecule is CCC1=C(C(=O)OCC2CCCCC2)[C@H](c2ccc(OC(C)=O)cc2)NC(=O)N1. The van der Waals surface area contributed by atoms with Crippen LogP contribution in [0.3, 0.4) is 0 Å². The molecule has 7 heteroatoms. The summed E-state index contributed by atoms with van der Waals surface area (Å²) in [5, 5.41) is 5.54. The predicted octanol–water partition coefficient (Wildman–Crippen LogP) is 3.75. The van der Waals surface area contributed by atoms with E-state index in [1.165, 1.54) is 26.2 Å². The van der Waals surface area contributed by atoms with Crippen molar-refractivity contribution in [3.8, 4) is 5.75 Å². The molecule has 0 bridgehead atoms. The van der Waals surface area contributed by atoms with E-state index >= 15 is 0 Å². The van der Waals surface area contributed by atoms with Crippen LogP contribution in [0.4, 0.5) is 4.79 Å². The minimum absolute atomic E-state index is 0.361. The summed E-state index contributed by atoms with van der Waals surface area (Å²) in [6.07, 6.45) is 6.28. The van der Waals surface area contributed by atoms with Crippen LogP contribution >= 0.6 is 0 Å². The Morgan fingerprint density at radius 2 is 1.79 bits per heavy atom. The van der Waals surface area contributed by atoms with Gasteiger partial charge in [-0.25, -0.2) is 9.59 Å². The highest BCUT2D eigenvalue weighted by atomic mass is 16.5. The fraction of sp³-hybridized carbons (Fsp3) is 0.500. The summed E-state index contributed by atoms with van der Waals surface area (Å²) in [5.74, 6) is -0.00402. The summed E-state index contributed by atoms with van der Waals surface area (Å²) in [6, 6.07) is 5.76. The van der Waals surface area contributed by atoms with E-state index in [-0.39, 0.29) is 6.03 Å². The van der Waals surface area contributed by atoms with Gasteiger partial charge in [0.15, 0.2) is 0 Å². The Morgan fingerprint density at radius 1 is 1.10 bits per heavy atom. The van der Waals surface area contributed by atoms with Crippen molar-refractivity contribution in [2.45, 2.75) is 58.4 Å². The van der Waals surface area contributed by atoms with Gasteiger partial charge in [-0.1, -0.05) is 38.3 Å². The van der Waals surface area contributed by atoms with Gasteiger partial charge < -0.3 is 20.1 Å². The molecule has 29 heavy (non-hydrogen) atoms. The normalized spacial score (nSPS) is 19.9. The number of rotatable bonds is 6. The number of hydrogen-bond acceptors (Lipinski definition) is 5. The molecular weight excluding hydrogens is 372 g/mol. The van der Waals surface area contributed by atoms with Gasteiger partial charge in [0.1, 0.15) is 5.75 Å². The minimum Gasteiger partial charge on any atom is -0.462 e. The van der Waals surface area contributed by atoms with Gasteiger partial charge >= 0.3 is 18.0 Å². The van der Waals surface area contributed by atoms with Gasteiger partial charge in [0.2, 0.25) is 0 Å². The van der Waals surface area contributed by atoms with Gasteiger partial charge in [-0.05, 0) is 42.9 Å². The first-order valence-corrected chi connectivity index (χ1v) is 10.2. The highest BCUT2D eigenvalue weighted by Gasteiger charge is 2.33. The molecule has 0 saturated heterocycles. The Labute approximate surface area is 170 Å². The number of carbonyl (C=O) groups excluding carboxylic acids is 3. The molecule has 1 atom stereocenters. The average molecular weight is 400 g/mol. The molecular formula is C22H28N2O5. The molecule has 7 nitrogen and oxygen atoms in total. The van der Waals surface area contributed by atoms with Crippen LogP contribution in [0.1, 0.15) is 64.0 Å². The molecule has 0 radical (unpaired) electrons. The zero-order valence-corrected chi connectivity index (χ0v) is 17.0. The monoisotopic (exact) mass is 400 g/mol. The van der Waals surface area contributed by atoms with E-state index in [4.69, 9.17) is 9.47 Å². The van der Waals surface area contributed by atoms with Gasteiger partial charge in [-0.2, -0.15) is 0 Å². The van der Waals surface area contributed by atoms with Crippen molar-refractivity contribution in [2.75, 3.05) is 6.61 Å². The van der Waals surface area contributed by atoms with Gasteiger partial charge in [-0.3, -0.25) is 4.79 Å². The van der Waals surface area contributed by atoms with E-state index in [2.05, 4.69) is 10.6 Å². The van der Waals surface area contributed by atoms with E-state index < -0.39 is 18.0 Å². The van der Waals surface area contributed by atoms with Crippen molar-refractivity contribution in [1.29, 1.82) is 0 Å². The number of urea groups is 1. The van der Waals surface area contributed by atoms with Gasteiger partial charge in [0, 0.05) is 12.6 Å². The maximum Gasteiger partial charge on any atom is 0.338 e. The van der Waals surface area contributed by atoms with Crippen LogP contribution in [0.5, 0.6) is 5.75 Å². The highest BCUT2D eigenvalue weighted by molar-refractivity contribution is 5.95. The van der Waals surface area contributed by atoms with Crippen LogP contribution in [0, 0.1) is 5.92 Å². The number of nitrogens with one attached hydrogen (secondary N) is 2. The molecule has 1 aromatic carbocycles. The highest BCUT2D eigenvalue weighted by Crippen LogP contribution is 2.31. The topological polar surface area (TPSA) is 93.7 Å². The molecule has 1 aromatic rings. The fourth-order valence-corrected chi connectivity index (χ4v) is 3.91. The second-order valence-electron chi connectivity index (χ2n) is 7.54. The lowest BCUT2D eigenvalue weighted by molar-refractivity contribution is -0.141. The van der Waals surface area contributed by atoms with E-state index in [0.717, 1.165) is 12.8 Å². The number of ether oxygens (including phenoxy) is 2. The van der Waals surface area contributed by atoms with E-state index in [9.17, 15) is 14.4 Å². The minimum atomic E-state index is -0.621. The van der Waals surface area contributed by atoms with Gasteiger partial charge in [-0.15, -0.1) is 0 Å². The summed E-state index contributed by atoms with van der Waals surface area (Å²) in [7, 11) is 0. The molecule has 1 saturated carbocycles. The molecule has 2 aliphatic rings. The first-order valence-electron chi connectivity index (χ1n) is 10.2. The van der Waals surface area contributed by atoms with E-state index in [1.54, 1.807) is 24.3 Å². The molecule has 3 rings (SSSR count). The van der Waals surface area contributed by atoms with Crippen LogP contribution < -0.4 is 15.4 Å². The lowest BCUT2D eigenvalue weighted by Crippen LogP contribution is -2.46. The smallest absolute Gasteiger partial charge is 0.338 e. The number of esters is 2. The third-order valence-electron chi connectivity index (χ3n) is 5.38. The third kappa shape index (κ3) is 5.37. The predicted molar refractivity (Wildman–Crippen MR) is 107 cm³/mol. The van der Waals surface area contributed by atoms with Crippen LogP contribution in [-0.4, -0.2) is 24.6 Å². The molecule has 1 aliphatic heterocycles. The maximum absolute atomic E-state index is 13.0.